The molecule has 118 valence electrons. The van der Waals surface area contributed by atoms with Crippen LogP contribution in [0.4, 0.5) is 0 Å². The van der Waals surface area contributed by atoms with Gasteiger partial charge in [0.1, 0.15) is 17.1 Å². The zero-order valence-corrected chi connectivity index (χ0v) is 13.8. The fraction of sp³-hybridized carbons (Fsp3) is 0.333. The van der Waals surface area contributed by atoms with Crippen LogP contribution in [0.15, 0.2) is 31.7 Å². The van der Waals surface area contributed by atoms with Crippen molar-refractivity contribution in [3.63, 3.8) is 0 Å². The summed E-state index contributed by atoms with van der Waals surface area (Å²) in [6, 6.07) is 2.75. The number of ether oxygens (including phenoxy) is 1. The maximum Gasteiger partial charge on any atom is 0.343 e. The van der Waals surface area contributed by atoms with E-state index < -0.39 is 11.8 Å². The smallest absolute Gasteiger partial charge is 0.343 e. The molecule has 0 spiro atoms. The molecule has 1 heterocycles. The van der Waals surface area contributed by atoms with E-state index in [4.69, 9.17) is 4.74 Å². The number of benzene rings is 1. The van der Waals surface area contributed by atoms with Gasteiger partial charge < -0.3 is 14.9 Å². The second-order valence-electron chi connectivity index (χ2n) is 4.67. The highest BCUT2D eigenvalue weighted by Crippen LogP contribution is 2.58. The van der Waals surface area contributed by atoms with E-state index in [1.807, 2.05) is 6.92 Å². The van der Waals surface area contributed by atoms with Crippen molar-refractivity contribution in [2.24, 2.45) is 0 Å². The molecule has 0 fully saturated rings. The Labute approximate surface area is 136 Å². The molecule has 2 N–H and O–H groups in total. The van der Waals surface area contributed by atoms with Crippen LogP contribution in [-0.4, -0.2) is 28.6 Å². The minimum absolute atomic E-state index is 0.00236. The average Bonchev–Trinajstić information content (AvgIpc) is 2.89. The number of hydrogen-bond acceptors (Lipinski definition) is 7. The van der Waals surface area contributed by atoms with Gasteiger partial charge in [0.05, 0.1) is 20.6 Å². The molecule has 1 aromatic rings. The summed E-state index contributed by atoms with van der Waals surface area (Å²) in [6.45, 7) is 3.54. The quantitative estimate of drug-likeness (QED) is 0.212. The summed E-state index contributed by atoms with van der Waals surface area (Å²) < 4.78 is 5.53. The fourth-order valence-electron chi connectivity index (χ4n) is 1.80. The number of carbonyl (C=O) groups is 2. The van der Waals surface area contributed by atoms with E-state index in [2.05, 4.69) is 0 Å². The third-order valence-corrected chi connectivity index (χ3v) is 5.59. The first-order valence-electron chi connectivity index (χ1n) is 6.78. The Morgan fingerprint density at radius 1 is 1.14 bits per heavy atom. The SMILES string of the molecule is CCCCOC(=O)C(C(C)=O)=C1Sc2c(O)ccc(O)c2S1. The Morgan fingerprint density at radius 3 is 2.14 bits per heavy atom. The minimum Gasteiger partial charge on any atom is -0.507 e. The molecular formula is C15H16O5S2. The molecule has 0 radical (unpaired) electrons. The van der Waals surface area contributed by atoms with Crippen LogP contribution >= 0.6 is 23.5 Å². The number of aromatic hydroxyl groups is 2. The Kier molecular flexibility index (Phi) is 5.42. The van der Waals surface area contributed by atoms with Gasteiger partial charge in [0.25, 0.3) is 0 Å². The molecule has 0 amide bonds. The van der Waals surface area contributed by atoms with Crippen molar-refractivity contribution in [1.29, 1.82) is 0 Å². The number of rotatable bonds is 5. The summed E-state index contributed by atoms with van der Waals surface area (Å²) in [6.07, 6.45) is 1.62. The largest absolute Gasteiger partial charge is 0.507 e. The maximum atomic E-state index is 12.1. The summed E-state index contributed by atoms with van der Waals surface area (Å²) in [5.74, 6) is -1.06. The maximum absolute atomic E-state index is 12.1. The number of ketones is 1. The Hall–Kier alpha value is -1.60. The summed E-state index contributed by atoms with van der Waals surface area (Å²) in [5, 5.41) is 19.7. The van der Waals surface area contributed by atoms with Crippen molar-refractivity contribution in [3.8, 4) is 11.5 Å². The highest BCUT2D eigenvalue weighted by atomic mass is 32.2. The molecule has 0 atom stereocenters. The lowest BCUT2D eigenvalue weighted by molar-refractivity contribution is -0.140. The Balaban J connectivity index is 2.32. The van der Waals surface area contributed by atoms with Gasteiger partial charge in [0, 0.05) is 0 Å². The first-order chi connectivity index (χ1) is 10.5. The third kappa shape index (κ3) is 3.41. The molecule has 0 saturated heterocycles. The molecule has 1 aliphatic heterocycles. The summed E-state index contributed by atoms with van der Waals surface area (Å²) >= 11 is 2.18. The van der Waals surface area contributed by atoms with Crippen molar-refractivity contribution in [1.82, 2.24) is 0 Å². The van der Waals surface area contributed by atoms with E-state index in [0.717, 1.165) is 36.4 Å². The lowest BCUT2D eigenvalue weighted by Crippen LogP contribution is -2.15. The van der Waals surface area contributed by atoms with Gasteiger partial charge in [0.2, 0.25) is 0 Å². The minimum atomic E-state index is -0.664. The van der Waals surface area contributed by atoms with Crippen molar-refractivity contribution in [3.05, 3.63) is 21.9 Å². The summed E-state index contributed by atoms with van der Waals surface area (Å²) in [7, 11) is 0. The van der Waals surface area contributed by atoms with Crippen LogP contribution in [-0.2, 0) is 14.3 Å². The number of Topliss-reactive ketones (excluding diaryl/α,β-unsaturated/α-hetero) is 1. The van der Waals surface area contributed by atoms with Gasteiger partial charge >= 0.3 is 5.97 Å². The van der Waals surface area contributed by atoms with Crippen LogP contribution in [0, 0.1) is 0 Å². The molecule has 7 heteroatoms. The zero-order valence-electron chi connectivity index (χ0n) is 12.2. The van der Waals surface area contributed by atoms with Gasteiger partial charge in [-0.05, 0) is 25.5 Å². The topological polar surface area (TPSA) is 83.8 Å². The number of hydrogen-bond donors (Lipinski definition) is 2. The molecule has 0 aliphatic carbocycles. The first kappa shape index (κ1) is 16.8. The van der Waals surface area contributed by atoms with E-state index in [0.29, 0.717) is 14.0 Å². The van der Waals surface area contributed by atoms with E-state index in [9.17, 15) is 19.8 Å². The number of unbranched alkanes of at least 4 members (excludes halogenated alkanes) is 1. The Morgan fingerprint density at radius 2 is 1.68 bits per heavy atom. The molecule has 0 saturated carbocycles. The predicted octanol–water partition coefficient (Wildman–Crippen LogP) is 3.44. The van der Waals surface area contributed by atoms with E-state index in [1.165, 1.54) is 19.1 Å². The second kappa shape index (κ2) is 7.11. The third-order valence-electron chi connectivity index (χ3n) is 2.95. The number of esters is 1. The van der Waals surface area contributed by atoms with Crippen LogP contribution in [0.1, 0.15) is 26.7 Å². The molecule has 1 aromatic carbocycles. The van der Waals surface area contributed by atoms with Crippen molar-refractivity contribution >= 4 is 35.3 Å². The van der Waals surface area contributed by atoms with Gasteiger partial charge in [-0.3, -0.25) is 4.79 Å². The van der Waals surface area contributed by atoms with Crippen LogP contribution < -0.4 is 0 Å². The van der Waals surface area contributed by atoms with Gasteiger partial charge in [-0.2, -0.15) is 0 Å². The van der Waals surface area contributed by atoms with E-state index in [1.54, 1.807) is 0 Å². The summed E-state index contributed by atoms with van der Waals surface area (Å²) in [4.78, 5) is 24.8. The molecule has 0 aromatic heterocycles. The average molecular weight is 340 g/mol. The summed E-state index contributed by atoms with van der Waals surface area (Å²) in [5.41, 5.74) is -0.0406. The van der Waals surface area contributed by atoms with Crippen LogP contribution in [0.3, 0.4) is 0 Å². The molecule has 0 bridgehead atoms. The zero-order chi connectivity index (χ0) is 16.3. The molecule has 5 nitrogen and oxygen atoms in total. The van der Waals surface area contributed by atoms with E-state index >= 15 is 0 Å². The molecule has 2 rings (SSSR count). The van der Waals surface area contributed by atoms with Gasteiger partial charge in [-0.1, -0.05) is 36.9 Å². The van der Waals surface area contributed by atoms with Gasteiger partial charge in [-0.15, -0.1) is 0 Å². The second-order valence-corrected chi connectivity index (χ2v) is 6.97. The molecule has 0 unspecified atom stereocenters. The molecular weight excluding hydrogens is 324 g/mol. The first-order valence-corrected chi connectivity index (χ1v) is 8.42. The number of phenolic OH excluding ortho intramolecular Hbond substituents is 2. The monoisotopic (exact) mass is 340 g/mol. The van der Waals surface area contributed by atoms with Gasteiger partial charge in [0.15, 0.2) is 5.78 Å². The van der Waals surface area contributed by atoms with Crippen molar-refractivity contribution in [2.45, 2.75) is 36.5 Å². The van der Waals surface area contributed by atoms with Crippen molar-refractivity contribution < 1.29 is 24.5 Å². The lowest BCUT2D eigenvalue weighted by Gasteiger charge is -2.07. The van der Waals surface area contributed by atoms with Crippen molar-refractivity contribution in [2.75, 3.05) is 6.61 Å². The van der Waals surface area contributed by atoms with Crippen LogP contribution in [0.5, 0.6) is 11.5 Å². The van der Waals surface area contributed by atoms with Gasteiger partial charge in [-0.25, -0.2) is 4.79 Å². The normalized spacial score (nSPS) is 12.9. The number of thioether (sulfide) groups is 2. The number of phenols is 2. The van der Waals surface area contributed by atoms with Crippen LogP contribution in [0.25, 0.3) is 0 Å². The Bertz CT molecular complexity index is 619. The van der Waals surface area contributed by atoms with E-state index in [-0.39, 0.29) is 23.7 Å². The molecule has 1 aliphatic rings. The standard InChI is InChI=1S/C15H16O5S2/c1-3-4-7-20-14(19)11(8(2)16)15-21-12-9(17)5-6-10(18)13(12)22-15/h5-6,17-18H,3-4,7H2,1-2H3. The highest BCUT2D eigenvalue weighted by Gasteiger charge is 2.31. The highest BCUT2D eigenvalue weighted by molar-refractivity contribution is 8.25. The number of fused-ring (bicyclic) bond motifs is 1. The molecule has 22 heavy (non-hydrogen) atoms. The van der Waals surface area contributed by atoms with Crippen LogP contribution in [0.2, 0.25) is 0 Å². The lowest BCUT2D eigenvalue weighted by atomic mass is 10.2. The predicted molar refractivity (Wildman–Crippen MR) is 85.1 cm³/mol. The fourth-order valence-corrected chi connectivity index (χ4v) is 4.49. The number of carbonyl (C=O) groups excluding carboxylic acids is 2.